The van der Waals surface area contributed by atoms with Gasteiger partial charge in [-0.1, -0.05) is 19.3 Å². The molecular formula is C17H23NO2. The normalized spacial score (nSPS) is 26.9. The summed E-state index contributed by atoms with van der Waals surface area (Å²) in [6, 6.07) is 6.92. The van der Waals surface area contributed by atoms with Crippen molar-refractivity contribution < 1.29 is 9.47 Å². The van der Waals surface area contributed by atoms with Gasteiger partial charge in [-0.3, -0.25) is 0 Å². The number of anilines is 1. The average molecular weight is 273 g/mol. The Morgan fingerprint density at radius 2 is 1.75 bits per heavy atom. The van der Waals surface area contributed by atoms with Crippen LogP contribution in [0.3, 0.4) is 0 Å². The van der Waals surface area contributed by atoms with Gasteiger partial charge in [-0.25, -0.2) is 0 Å². The Morgan fingerprint density at radius 1 is 0.950 bits per heavy atom. The summed E-state index contributed by atoms with van der Waals surface area (Å²) >= 11 is 0. The lowest BCUT2D eigenvalue weighted by Gasteiger charge is -2.52. The molecule has 20 heavy (non-hydrogen) atoms. The summed E-state index contributed by atoms with van der Waals surface area (Å²) in [5.74, 6) is 1.76. The van der Waals surface area contributed by atoms with Crippen LogP contribution in [-0.2, 0) is 0 Å². The van der Waals surface area contributed by atoms with Gasteiger partial charge in [0.25, 0.3) is 0 Å². The molecule has 0 amide bonds. The Kier molecular flexibility index (Phi) is 3.01. The Labute approximate surface area is 120 Å². The number of fused-ring (bicyclic) bond motifs is 1. The van der Waals surface area contributed by atoms with Crippen LogP contribution in [0, 0.1) is 5.41 Å². The number of hydrogen-bond acceptors (Lipinski definition) is 3. The van der Waals surface area contributed by atoms with E-state index in [1.54, 1.807) is 0 Å². The lowest BCUT2D eigenvalue weighted by Crippen LogP contribution is -2.50. The zero-order valence-corrected chi connectivity index (χ0v) is 12.0. The van der Waals surface area contributed by atoms with Crippen LogP contribution >= 0.6 is 0 Å². The van der Waals surface area contributed by atoms with Gasteiger partial charge in [-0.15, -0.1) is 0 Å². The first kappa shape index (κ1) is 12.4. The van der Waals surface area contributed by atoms with E-state index in [-0.39, 0.29) is 0 Å². The fourth-order valence-electron chi connectivity index (χ4n) is 4.11. The standard InChI is InChI=1S/C17H23NO2/c1-2-7-17(8-3-1)9-6-16(17)18-13-4-5-14-15(12-13)20-11-10-19-14/h4-5,12,16,18H,1-3,6-11H2. The topological polar surface area (TPSA) is 30.5 Å². The van der Waals surface area contributed by atoms with Crippen molar-refractivity contribution in [2.24, 2.45) is 5.41 Å². The highest BCUT2D eigenvalue weighted by atomic mass is 16.6. The smallest absolute Gasteiger partial charge is 0.163 e. The molecule has 2 saturated carbocycles. The third kappa shape index (κ3) is 2.04. The molecule has 1 heterocycles. The second kappa shape index (κ2) is 4.87. The average Bonchev–Trinajstić information content (AvgIpc) is 2.52. The molecule has 3 aliphatic rings. The lowest BCUT2D eigenvalue weighted by molar-refractivity contribution is 0.0571. The molecule has 1 unspecified atom stereocenters. The molecule has 3 nitrogen and oxygen atoms in total. The van der Waals surface area contributed by atoms with Crippen LogP contribution in [0.4, 0.5) is 5.69 Å². The second-order valence-corrected chi connectivity index (χ2v) is 6.52. The Morgan fingerprint density at radius 3 is 2.50 bits per heavy atom. The largest absolute Gasteiger partial charge is 0.486 e. The van der Waals surface area contributed by atoms with Crippen molar-refractivity contribution in [3.8, 4) is 11.5 Å². The van der Waals surface area contributed by atoms with E-state index in [1.165, 1.54) is 50.6 Å². The van der Waals surface area contributed by atoms with E-state index >= 15 is 0 Å². The SMILES string of the molecule is c1cc2c(cc1NC1CCC13CCCCC3)OCCO2. The van der Waals surface area contributed by atoms with Crippen LogP contribution < -0.4 is 14.8 Å². The van der Waals surface area contributed by atoms with Gasteiger partial charge in [0.15, 0.2) is 11.5 Å². The van der Waals surface area contributed by atoms with Gasteiger partial charge >= 0.3 is 0 Å². The Balaban J connectivity index is 1.49. The number of ether oxygens (including phenoxy) is 2. The van der Waals surface area contributed by atoms with E-state index in [1.807, 2.05) is 6.07 Å². The first-order chi connectivity index (χ1) is 9.86. The highest BCUT2D eigenvalue weighted by molar-refractivity contribution is 5.56. The number of benzene rings is 1. The molecule has 1 aliphatic heterocycles. The van der Waals surface area contributed by atoms with Crippen molar-refractivity contribution >= 4 is 5.69 Å². The minimum atomic E-state index is 0.589. The van der Waals surface area contributed by atoms with Gasteiger partial charge in [-0.05, 0) is 43.2 Å². The van der Waals surface area contributed by atoms with E-state index in [2.05, 4.69) is 17.4 Å². The minimum absolute atomic E-state index is 0.589. The second-order valence-electron chi connectivity index (χ2n) is 6.52. The van der Waals surface area contributed by atoms with Gasteiger partial charge in [0, 0.05) is 17.8 Å². The van der Waals surface area contributed by atoms with E-state index in [9.17, 15) is 0 Å². The minimum Gasteiger partial charge on any atom is -0.486 e. The molecule has 1 spiro atoms. The summed E-state index contributed by atoms with van der Waals surface area (Å²) in [7, 11) is 0. The molecule has 108 valence electrons. The Bertz CT molecular complexity index is 494. The fourth-order valence-corrected chi connectivity index (χ4v) is 4.11. The molecule has 0 saturated heterocycles. The maximum Gasteiger partial charge on any atom is 0.163 e. The van der Waals surface area contributed by atoms with Crippen molar-refractivity contribution in [2.75, 3.05) is 18.5 Å². The van der Waals surface area contributed by atoms with Crippen molar-refractivity contribution in [3.05, 3.63) is 18.2 Å². The summed E-state index contributed by atoms with van der Waals surface area (Å²) in [6.07, 6.45) is 9.81. The molecule has 0 bridgehead atoms. The van der Waals surface area contributed by atoms with Crippen molar-refractivity contribution in [1.29, 1.82) is 0 Å². The molecule has 1 atom stereocenters. The van der Waals surface area contributed by atoms with Gasteiger partial charge in [0.1, 0.15) is 13.2 Å². The predicted octanol–water partition coefficient (Wildman–Crippen LogP) is 3.98. The van der Waals surface area contributed by atoms with Crippen LogP contribution in [0.5, 0.6) is 11.5 Å². The maximum absolute atomic E-state index is 5.67. The summed E-state index contributed by atoms with van der Waals surface area (Å²) < 4.78 is 11.3. The fraction of sp³-hybridized carbons (Fsp3) is 0.647. The van der Waals surface area contributed by atoms with Gasteiger partial charge < -0.3 is 14.8 Å². The molecule has 0 aromatic heterocycles. The highest BCUT2D eigenvalue weighted by Crippen LogP contribution is 2.52. The first-order valence-corrected chi connectivity index (χ1v) is 8.02. The van der Waals surface area contributed by atoms with Crippen LogP contribution in [0.15, 0.2) is 18.2 Å². The molecule has 1 aromatic carbocycles. The quantitative estimate of drug-likeness (QED) is 0.884. The monoisotopic (exact) mass is 273 g/mol. The zero-order chi connectivity index (χ0) is 13.4. The molecule has 0 radical (unpaired) electrons. The van der Waals surface area contributed by atoms with Crippen molar-refractivity contribution in [2.45, 2.75) is 51.0 Å². The lowest BCUT2D eigenvalue weighted by atomic mass is 9.57. The van der Waals surface area contributed by atoms with Crippen LogP contribution in [0.1, 0.15) is 44.9 Å². The summed E-state index contributed by atoms with van der Waals surface area (Å²) in [6.45, 7) is 1.31. The number of rotatable bonds is 2. The van der Waals surface area contributed by atoms with Crippen LogP contribution in [0.25, 0.3) is 0 Å². The van der Waals surface area contributed by atoms with Crippen LogP contribution in [0.2, 0.25) is 0 Å². The zero-order valence-electron chi connectivity index (χ0n) is 12.0. The van der Waals surface area contributed by atoms with E-state index in [0.717, 1.165) is 11.5 Å². The summed E-state index contributed by atoms with van der Waals surface area (Å²) in [4.78, 5) is 0. The van der Waals surface area contributed by atoms with Crippen molar-refractivity contribution in [3.63, 3.8) is 0 Å². The van der Waals surface area contributed by atoms with Gasteiger partial charge in [0.05, 0.1) is 0 Å². The van der Waals surface area contributed by atoms with Gasteiger partial charge in [0.2, 0.25) is 0 Å². The van der Waals surface area contributed by atoms with Crippen LogP contribution in [-0.4, -0.2) is 19.3 Å². The third-order valence-corrected chi connectivity index (χ3v) is 5.40. The van der Waals surface area contributed by atoms with E-state index in [0.29, 0.717) is 24.7 Å². The van der Waals surface area contributed by atoms with Crippen molar-refractivity contribution in [1.82, 2.24) is 0 Å². The molecular weight excluding hydrogens is 250 g/mol. The number of hydrogen-bond donors (Lipinski definition) is 1. The molecule has 1 aromatic rings. The molecule has 2 aliphatic carbocycles. The highest BCUT2D eigenvalue weighted by Gasteiger charge is 2.46. The third-order valence-electron chi connectivity index (χ3n) is 5.40. The first-order valence-electron chi connectivity index (χ1n) is 8.02. The number of nitrogens with one attached hydrogen (secondary N) is 1. The molecule has 4 rings (SSSR count). The maximum atomic E-state index is 5.67. The van der Waals surface area contributed by atoms with E-state index in [4.69, 9.17) is 9.47 Å². The molecule has 1 N–H and O–H groups in total. The Hall–Kier alpha value is -1.38. The molecule has 3 heteroatoms. The molecule has 2 fully saturated rings. The van der Waals surface area contributed by atoms with Gasteiger partial charge in [-0.2, -0.15) is 0 Å². The van der Waals surface area contributed by atoms with E-state index < -0.39 is 0 Å². The summed E-state index contributed by atoms with van der Waals surface area (Å²) in [5.41, 5.74) is 1.77. The summed E-state index contributed by atoms with van der Waals surface area (Å²) in [5, 5.41) is 3.75. The predicted molar refractivity (Wildman–Crippen MR) is 79.6 cm³/mol.